The van der Waals surface area contributed by atoms with Gasteiger partial charge < -0.3 is 24.4 Å². The molecule has 0 saturated carbocycles. The number of ether oxygens (including phenoxy) is 3. The summed E-state index contributed by atoms with van der Waals surface area (Å²) < 4.78 is 39.5. The van der Waals surface area contributed by atoms with E-state index in [4.69, 9.17) is 21.1 Å². The molecule has 0 aliphatic rings. The minimum absolute atomic E-state index is 0.0225. The molecule has 1 N–H and O–H groups in total. The number of rotatable bonds is 10. The number of hydrogen-bond acceptors (Lipinski definition) is 5. The van der Waals surface area contributed by atoms with Crippen LogP contribution in [-0.2, 0) is 4.79 Å². The SMILES string of the molecule is COc1cc(C(=O)NCC(=O)N(C)CCOc2ccc(Cl)cc2)ccc1OC(F)F. The largest absolute Gasteiger partial charge is 0.493 e. The van der Waals surface area contributed by atoms with Gasteiger partial charge in [0.2, 0.25) is 5.91 Å². The maximum atomic E-state index is 12.4. The van der Waals surface area contributed by atoms with Crippen molar-refractivity contribution in [2.75, 3.05) is 33.9 Å². The fourth-order valence-electron chi connectivity index (χ4n) is 2.35. The molecule has 0 heterocycles. The van der Waals surface area contributed by atoms with Crippen LogP contribution in [0.1, 0.15) is 10.4 Å². The first-order valence-electron chi connectivity index (χ1n) is 8.83. The van der Waals surface area contributed by atoms with Gasteiger partial charge in [-0.1, -0.05) is 11.6 Å². The molecule has 2 rings (SSSR count). The molecule has 2 aromatic carbocycles. The lowest BCUT2D eigenvalue weighted by atomic mass is 10.2. The lowest BCUT2D eigenvalue weighted by molar-refractivity contribution is -0.129. The molecule has 0 spiro atoms. The third kappa shape index (κ3) is 7.07. The summed E-state index contributed by atoms with van der Waals surface area (Å²) in [5.41, 5.74) is 0.134. The Hall–Kier alpha value is -3.07. The van der Waals surface area contributed by atoms with Gasteiger partial charge in [-0.15, -0.1) is 0 Å². The van der Waals surface area contributed by atoms with Crippen molar-refractivity contribution in [2.24, 2.45) is 0 Å². The first-order valence-corrected chi connectivity index (χ1v) is 9.21. The first-order chi connectivity index (χ1) is 14.3. The highest BCUT2D eigenvalue weighted by Gasteiger charge is 2.16. The van der Waals surface area contributed by atoms with Gasteiger partial charge in [-0.25, -0.2) is 0 Å². The Bertz CT molecular complexity index is 865. The van der Waals surface area contributed by atoms with E-state index in [0.29, 0.717) is 17.3 Å². The van der Waals surface area contributed by atoms with Crippen molar-refractivity contribution in [3.05, 3.63) is 53.1 Å². The van der Waals surface area contributed by atoms with E-state index < -0.39 is 12.5 Å². The van der Waals surface area contributed by atoms with Crippen LogP contribution in [0.25, 0.3) is 0 Å². The summed E-state index contributed by atoms with van der Waals surface area (Å²) in [5.74, 6) is -0.475. The second-order valence-corrected chi connectivity index (χ2v) is 6.48. The molecule has 2 amide bonds. The van der Waals surface area contributed by atoms with E-state index >= 15 is 0 Å². The van der Waals surface area contributed by atoms with E-state index in [1.54, 1.807) is 31.3 Å². The van der Waals surface area contributed by atoms with Crippen LogP contribution in [0.15, 0.2) is 42.5 Å². The van der Waals surface area contributed by atoms with Crippen molar-refractivity contribution in [3.63, 3.8) is 0 Å². The minimum atomic E-state index is -3.02. The van der Waals surface area contributed by atoms with Crippen LogP contribution in [-0.4, -0.2) is 57.2 Å². The maximum absolute atomic E-state index is 12.4. The number of nitrogens with one attached hydrogen (secondary N) is 1. The molecule has 0 fully saturated rings. The summed E-state index contributed by atoms with van der Waals surface area (Å²) in [6, 6.07) is 10.6. The zero-order valence-electron chi connectivity index (χ0n) is 16.4. The summed E-state index contributed by atoms with van der Waals surface area (Å²) in [5, 5.41) is 3.07. The lowest BCUT2D eigenvalue weighted by Crippen LogP contribution is -2.39. The number of nitrogens with zero attached hydrogens (tertiary/aromatic N) is 1. The molecule has 2 aromatic rings. The summed E-state index contributed by atoms with van der Waals surface area (Å²) in [6.07, 6.45) is 0. The fourth-order valence-corrected chi connectivity index (χ4v) is 2.48. The molecular weight excluding hydrogens is 422 g/mol. The molecule has 0 saturated heterocycles. The van der Waals surface area contributed by atoms with Crippen LogP contribution < -0.4 is 19.5 Å². The normalized spacial score (nSPS) is 10.5. The number of alkyl halides is 2. The predicted octanol–water partition coefficient (Wildman–Crippen LogP) is 3.22. The quantitative estimate of drug-likeness (QED) is 0.611. The van der Waals surface area contributed by atoms with Crippen molar-refractivity contribution < 1.29 is 32.6 Å². The highest BCUT2D eigenvalue weighted by atomic mass is 35.5. The van der Waals surface area contributed by atoms with Crippen LogP contribution in [0.2, 0.25) is 5.02 Å². The Morgan fingerprint density at radius 3 is 2.47 bits per heavy atom. The molecule has 10 heteroatoms. The van der Waals surface area contributed by atoms with E-state index in [1.807, 2.05) is 0 Å². The van der Waals surface area contributed by atoms with E-state index in [0.717, 1.165) is 0 Å². The maximum Gasteiger partial charge on any atom is 0.387 e. The molecular formula is C20H21ClF2N2O5. The van der Waals surface area contributed by atoms with Crippen LogP contribution >= 0.6 is 11.6 Å². The van der Waals surface area contributed by atoms with Gasteiger partial charge >= 0.3 is 6.61 Å². The minimum Gasteiger partial charge on any atom is -0.493 e. The lowest BCUT2D eigenvalue weighted by Gasteiger charge is -2.18. The third-order valence-electron chi connectivity index (χ3n) is 3.98. The zero-order chi connectivity index (χ0) is 22.1. The molecule has 0 aliphatic carbocycles. The van der Waals surface area contributed by atoms with Gasteiger partial charge in [-0.3, -0.25) is 9.59 Å². The molecule has 0 aromatic heterocycles. The number of likely N-dealkylation sites (N-methyl/N-ethyl adjacent to an activating group) is 1. The highest BCUT2D eigenvalue weighted by molar-refractivity contribution is 6.30. The summed E-state index contributed by atoms with van der Waals surface area (Å²) in [7, 11) is 2.85. The monoisotopic (exact) mass is 442 g/mol. The smallest absolute Gasteiger partial charge is 0.387 e. The Kier molecular flexibility index (Phi) is 8.67. The van der Waals surface area contributed by atoms with Crippen molar-refractivity contribution in [3.8, 4) is 17.2 Å². The van der Waals surface area contributed by atoms with Crippen molar-refractivity contribution in [1.82, 2.24) is 10.2 Å². The Morgan fingerprint density at radius 1 is 1.13 bits per heavy atom. The van der Waals surface area contributed by atoms with E-state index in [1.165, 1.54) is 30.2 Å². The average molecular weight is 443 g/mol. The van der Waals surface area contributed by atoms with E-state index in [2.05, 4.69) is 10.1 Å². The predicted molar refractivity (Wildman–Crippen MR) is 107 cm³/mol. The van der Waals surface area contributed by atoms with Gasteiger partial charge in [-0.05, 0) is 42.5 Å². The number of methoxy groups -OCH3 is 1. The number of benzene rings is 2. The molecule has 7 nitrogen and oxygen atoms in total. The summed E-state index contributed by atoms with van der Waals surface area (Å²) >= 11 is 5.80. The number of hydrogen-bond donors (Lipinski definition) is 1. The van der Waals surface area contributed by atoms with Crippen LogP contribution in [0.4, 0.5) is 8.78 Å². The second-order valence-electron chi connectivity index (χ2n) is 6.04. The van der Waals surface area contributed by atoms with Crippen molar-refractivity contribution in [2.45, 2.75) is 6.61 Å². The molecule has 0 atom stereocenters. The fraction of sp³-hybridized carbons (Fsp3) is 0.300. The second kappa shape index (κ2) is 11.2. The molecule has 0 unspecified atom stereocenters. The number of amides is 2. The van der Waals surface area contributed by atoms with Gasteiger partial charge in [0.25, 0.3) is 5.91 Å². The molecule has 0 bridgehead atoms. The Balaban J connectivity index is 1.81. The zero-order valence-corrected chi connectivity index (χ0v) is 17.1. The van der Waals surface area contributed by atoms with Crippen molar-refractivity contribution in [1.29, 1.82) is 0 Å². The van der Waals surface area contributed by atoms with Crippen LogP contribution in [0.5, 0.6) is 17.2 Å². The van der Waals surface area contributed by atoms with Crippen LogP contribution in [0, 0.1) is 0 Å². The standard InChI is InChI=1S/C20H21ClF2N2O5/c1-25(9-10-29-15-6-4-14(21)5-7-15)18(26)12-24-19(27)13-3-8-16(30-20(22)23)17(11-13)28-2/h3-8,11,20H,9-10,12H2,1-2H3,(H,24,27). The van der Waals surface area contributed by atoms with E-state index in [9.17, 15) is 18.4 Å². The number of carbonyl (C=O) groups is 2. The number of carbonyl (C=O) groups excluding carboxylic acids is 2. The summed E-state index contributed by atoms with van der Waals surface area (Å²) in [6.45, 7) is -2.69. The Labute approximate surface area is 177 Å². The van der Waals surface area contributed by atoms with Crippen LogP contribution in [0.3, 0.4) is 0 Å². The first kappa shape index (κ1) is 23.2. The average Bonchev–Trinajstić information content (AvgIpc) is 2.72. The van der Waals surface area contributed by atoms with Gasteiger partial charge in [-0.2, -0.15) is 8.78 Å². The van der Waals surface area contributed by atoms with Gasteiger partial charge in [0.05, 0.1) is 20.2 Å². The summed E-state index contributed by atoms with van der Waals surface area (Å²) in [4.78, 5) is 25.8. The highest BCUT2D eigenvalue weighted by Crippen LogP contribution is 2.29. The van der Waals surface area contributed by atoms with Gasteiger partial charge in [0, 0.05) is 17.6 Å². The molecule has 162 valence electrons. The Morgan fingerprint density at radius 2 is 1.83 bits per heavy atom. The van der Waals surface area contributed by atoms with Crippen molar-refractivity contribution >= 4 is 23.4 Å². The van der Waals surface area contributed by atoms with Gasteiger partial charge in [0.1, 0.15) is 12.4 Å². The number of halogens is 3. The molecule has 0 radical (unpaired) electrons. The van der Waals surface area contributed by atoms with Gasteiger partial charge in [0.15, 0.2) is 11.5 Å². The third-order valence-corrected chi connectivity index (χ3v) is 4.23. The topological polar surface area (TPSA) is 77.1 Å². The van der Waals surface area contributed by atoms with E-state index in [-0.39, 0.29) is 36.1 Å². The molecule has 30 heavy (non-hydrogen) atoms. The molecule has 0 aliphatic heterocycles.